The molecule has 0 aliphatic heterocycles. The highest BCUT2D eigenvalue weighted by molar-refractivity contribution is 9.10. The highest BCUT2D eigenvalue weighted by Gasteiger charge is 2.36. The van der Waals surface area contributed by atoms with Crippen molar-refractivity contribution in [2.75, 3.05) is 18.0 Å². The summed E-state index contributed by atoms with van der Waals surface area (Å²) in [6.07, 6.45) is 0.915. The lowest BCUT2D eigenvalue weighted by atomic mass is 10.0. The quantitative estimate of drug-likeness (QED) is 0.148. The van der Waals surface area contributed by atoms with Gasteiger partial charge in [-0.05, 0) is 73.9 Å². The SMILES string of the molecule is CC[C@H](C)NC(=O)[C@@H](Cc1ccccc1)N(Cc1ccc(Br)cc1)C(=O)CN(c1cc(Cl)ccc1OC)S(=O)(=O)c1ccc(C)cc1. The van der Waals surface area contributed by atoms with Crippen molar-refractivity contribution in [3.8, 4) is 5.75 Å². The number of hydrogen-bond acceptors (Lipinski definition) is 5. The van der Waals surface area contributed by atoms with Gasteiger partial charge in [0.05, 0.1) is 17.7 Å². The summed E-state index contributed by atoms with van der Waals surface area (Å²) in [5, 5.41) is 3.31. The topological polar surface area (TPSA) is 96.0 Å². The van der Waals surface area contributed by atoms with E-state index in [1.807, 2.05) is 75.4 Å². The number of hydrogen-bond donors (Lipinski definition) is 1. The van der Waals surface area contributed by atoms with Gasteiger partial charge in [-0.25, -0.2) is 8.42 Å². The molecule has 0 unspecified atom stereocenters. The van der Waals surface area contributed by atoms with Gasteiger partial charge in [-0.3, -0.25) is 13.9 Å². The van der Waals surface area contributed by atoms with E-state index in [4.69, 9.17) is 16.3 Å². The van der Waals surface area contributed by atoms with Crippen molar-refractivity contribution in [2.24, 2.45) is 0 Å². The van der Waals surface area contributed by atoms with Crippen LogP contribution < -0.4 is 14.4 Å². The maximum atomic E-state index is 14.7. The van der Waals surface area contributed by atoms with Crippen LogP contribution >= 0.6 is 27.5 Å². The number of carbonyl (C=O) groups excluding carboxylic acids is 2. The standard InChI is InChI=1S/C36H39BrClN3O5S/c1-5-26(3)39-36(43)33(21-27-9-7-6-8-10-27)40(23-28-13-15-29(37)16-14-28)35(42)24-41(32-22-30(38)17-20-34(32)46-4)47(44,45)31-18-11-25(2)12-19-31/h6-20,22,26,33H,5,21,23-24H2,1-4H3,(H,39,43)/t26-,33+/m0/s1. The Hall–Kier alpha value is -3.86. The predicted molar refractivity (Wildman–Crippen MR) is 190 cm³/mol. The van der Waals surface area contributed by atoms with E-state index in [0.717, 1.165) is 25.5 Å². The molecule has 248 valence electrons. The Balaban J connectivity index is 1.85. The highest BCUT2D eigenvalue weighted by Crippen LogP contribution is 2.35. The number of sulfonamides is 1. The van der Waals surface area contributed by atoms with Gasteiger partial charge in [0.1, 0.15) is 18.3 Å². The Morgan fingerprint density at radius 1 is 0.936 bits per heavy atom. The third kappa shape index (κ3) is 9.37. The van der Waals surface area contributed by atoms with Gasteiger partial charge >= 0.3 is 0 Å². The molecule has 0 heterocycles. The molecule has 0 radical (unpaired) electrons. The lowest BCUT2D eigenvalue weighted by molar-refractivity contribution is -0.140. The number of nitrogens with one attached hydrogen (secondary N) is 1. The van der Waals surface area contributed by atoms with Crippen LogP contribution in [0.25, 0.3) is 0 Å². The Kier molecular flexibility index (Phi) is 12.5. The van der Waals surface area contributed by atoms with Crippen LogP contribution in [0.4, 0.5) is 5.69 Å². The van der Waals surface area contributed by atoms with Crippen molar-refractivity contribution in [3.63, 3.8) is 0 Å². The smallest absolute Gasteiger partial charge is 0.264 e. The van der Waals surface area contributed by atoms with Gasteiger partial charge in [-0.15, -0.1) is 0 Å². The maximum absolute atomic E-state index is 14.7. The zero-order valence-electron chi connectivity index (χ0n) is 26.8. The van der Waals surface area contributed by atoms with E-state index in [1.54, 1.807) is 24.3 Å². The first-order chi connectivity index (χ1) is 22.4. The molecule has 1 N–H and O–H groups in total. The van der Waals surface area contributed by atoms with Gasteiger partial charge in [0.25, 0.3) is 10.0 Å². The van der Waals surface area contributed by atoms with E-state index in [1.165, 1.54) is 30.2 Å². The molecule has 0 aliphatic rings. The van der Waals surface area contributed by atoms with Crippen LogP contribution in [0.15, 0.2) is 106 Å². The van der Waals surface area contributed by atoms with Gasteiger partial charge in [0.15, 0.2) is 0 Å². The summed E-state index contributed by atoms with van der Waals surface area (Å²) in [6.45, 7) is 5.16. The minimum absolute atomic E-state index is 0.00672. The zero-order valence-corrected chi connectivity index (χ0v) is 30.0. The molecule has 2 atom stereocenters. The molecule has 11 heteroatoms. The largest absolute Gasteiger partial charge is 0.495 e. The Morgan fingerprint density at radius 2 is 1.60 bits per heavy atom. The first-order valence-corrected chi connectivity index (χ1v) is 17.8. The van der Waals surface area contributed by atoms with Gasteiger partial charge < -0.3 is 15.0 Å². The van der Waals surface area contributed by atoms with Crippen molar-refractivity contribution in [1.29, 1.82) is 0 Å². The monoisotopic (exact) mass is 739 g/mol. The van der Waals surface area contributed by atoms with Crippen molar-refractivity contribution >= 4 is 55.1 Å². The molecule has 8 nitrogen and oxygen atoms in total. The van der Waals surface area contributed by atoms with Crippen molar-refractivity contribution in [1.82, 2.24) is 10.2 Å². The number of carbonyl (C=O) groups is 2. The summed E-state index contributed by atoms with van der Waals surface area (Å²) >= 11 is 9.83. The third-order valence-electron chi connectivity index (χ3n) is 7.84. The van der Waals surface area contributed by atoms with Gasteiger partial charge in [-0.2, -0.15) is 0 Å². The molecule has 0 aromatic heterocycles. The fraction of sp³-hybridized carbons (Fsp3) is 0.278. The Morgan fingerprint density at radius 3 is 2.21 bits per heavy atom. The van der Waals surface area contributed by atoms with Crippen LogP contribution in [0.2, 0.25) is 5.02 Å². The minimum Gasteiger partial charge on any atom is -0.495 e. The predicted octanol–water partition coefficient (Wildman–Crippen LogP) is 7.17. The van der Waals surface area contributed by atoms with Crippen LogP contribution in [-0.4, -0.2) is 50.9 Å². The average Bonchev–Trinajstić information content (AvgIpc) is 3.06. The van der Waals surface area contributed by atoms with E-state index >= 15 is 0 Å². The molecule has 0 spiro atoms. The fourth-order valence-electron chi connectivity index (χ4n) is 4.99. The maximum Gasteiger partial charge on any atom is 0.264 e. The Bertz CT molecular complexity index is 1770. The number of benzene rings is 4. The van der Waals surface area contributed by atoms with E-state index in [2.05, 4.69) is 21.2 Å². The number of anilines is 1. The zero-order chi connectivity index (χ0) is 34.1. The number of nitrogens with zero attached hydrogens (tertiary/aromatic N) is 2. The second-order valence-corrected chi connectivity index (χ2v) is 14.5. The highest BCUT2D eigenvalue weighted by atomic mass is 79.9. The van der Waals surface area contributed by atoms with E-state index < -0.39 is 28.5 Å². The summed E-state index contributed by atoms with van der Waals surface area (Å²) in [5.74, 6) is -0.694. The van der Waals surface area contributed by atoms with Gasteiger partial charge in [0.2, 0.25) is 11.8 Å². The molecule has 0 aliphatic carbocycles. The third-order valence-corrected chi connectivity index (χ3v) is 10.4. The van der Waals surface area contributed by atoms with Crippen LogP contribution in [0.1, 0.15) is 37.0 Å². The summed E-state index contributed by atoms with van der Waals surface area (Å²) in [4.78, 5) is 30.1. The first-order valence-electron chi connectivity index (χ1n) is 15.2. The summed E-state index contributed by atoms with van der Waals surface area (Å²) in [5.41, 5.74) is 2.60. The normalized spacial score (nSPS) is 12.6. The molecule has 2 amide bonds. The van der Waals surface area contributed by atoms with Crippen LogP contribution in [0.3, 0.4) is 0 Å². The van der Waals surface area contributed by atoms with Crippen molar-refractivity contribution < 1.29 is 22.7 Å². The number of rotatable bonds is 14. The number of ether oxygens (including phenoxy) is 1. The van der Waals surface area contributed by atoms with Crippen molar-refractivity contribution in [3.05, 3.63) is 123 Å². The molecule has 0 saturated heterocycles. The molecule has 4 aromatic rings. The molecule has 4 aromatic carbocycles. The molecule has 0 fully saturated rings. The molecular weight excluding hydrogens is 702 g/mol. The average molecular weight is 741 g/mol. The van der Waals surface area contributed by atoms with Crippen molar-refractivity contribution in [2.45, 2.75) is 57.1 Å². The number of methoxy groups -OCH3 is 1. The second-order valence-electron chi connectivity index (χ2n) is 11.3. The summed E-state index contributed by atoms with van der Waals surface area (Å²) in [7, 11) is -2.90. The number of halogens is 2. The first kappa shape index (κ1) is 36.0. The summed E-state index contributed by atoms with van der Waals surface area (Å²) in [6, 6.07) is 26.7. The molecule has 0 bridgehead atoms. The van der Waals surface area contributed by atoms with Crippen LogP contribution in [0.5, 0.6) is 5.75 Å². The minimum atomic E-state index is -4.31. The summed E-state index contributed by atoms with van der Waals surface area (Å²) < 4.78 is 36.1. The van der Waals surface area contributed by atoms with Crippen LogP contribution in [0, 0.1) is 6.92 Å². The van der Waals surface area contributed by atoms with Crippen LogP contribution in [-0.2, 0) is 32.6 Å². The number of amides is 2. The van der Waals surface area contributed by atoms with E-state index in [-0.39, 0.29) is 46.3 Å². The lowest BCUT2D eigenvalue weighted by Crippen LogP contribution is -2.54. The molecule has 47 heavy (non-hydrogen) atoms. The lowest BCUT2D eigenvalue weighted by Gasteiger charge is -2.34. The second kappa shape index (κ2) is 16.3. The fourth-order valence-corrected chi connectivity index (χ4v) is 6.84. The number of aryl methyl sites for hydroxylation is 1. The van der Waals surface area contributed by atoms with E-state index in [0.29, 0.717) is 6.42 Å². The van der Waals surface area contributed by atoms with E-state index in [9.17, 15) is 18.0 Å². The van der Waals surface area contributed by atoms with Gasteiger partial charge in [0, 0.05) is 28.5 Å². The molecule has 0 saturated carbocycles. The van der Waals surface area contributed by atoms with Gasteiger partial charge in [-0.1, -0.05) is 94.6 Å². The Labute approximate surface area is 290 Å². The molecule has 4 rings (SSSR count). The molecular formula is C36H39BrClN3O5S.